The summed E-state index contributed by atoms with van der Waals surface area (Å²) in [6.07, 6.45) is 5.49. The molecule has 0 unspecified atom stereocenters. The molecule has 2 fully saturated rings. The van der Waals surface area contributed by atoms with Crippen LogP contribution in [0.25, 0.3) is 22.0 Å². The third-order valence-corrected chi connectivity index (χ3v) is 7.17. The van der Waals surface area contributed by atoms with Gasteiger partial charge in [-0.3, -0.25) is 0 Å². The average Bonchev–Trinajstić information content (AvgIpc) is 2.77. The Morgan fingerprint density at radius 3 is 2.74 bits per heavy atom. The summed E-state index contributed by atoms with van der Waals surface area (Å²) in [5.41, 5.74) is 2.95. The van der Waals surface area contributed by atoms with Crippen LogP contribution in [-0.4, -0.2) is 47.9 Å². The minimum atomic E-state index is -0.447. The molecule has 4 heterocycles. The van der Waals surface area contributed by atoms with Crippen molar-refractivity contribution in [2.24, 2.45) is 5.41 Å². The highest BCUT2D eigenvalue weighted by Gasteiger charge is 2.40. The Labute approximate surface area is 180 Å². The number of nitrogens with zero attached hydrogens (tertiary/aromatic N) is 3. The first-order valence-corrected chi connectivity index (χ1v) is 11.0. The predicted molar refractivity (Wildman–Crippen MR) is 117 cm³/mol. The van der Waals surface area contributed by atoms with Gasteiger partial charge < -0.3 is 20.1 Å². The van der Waals surface area contributed by atoms with Gasteiger partial charge in [0, 0.05) is 31.7 Å². The molecule has 0 bridgehead atoms. The summed E-state index contributed by atoms with van der Waals surface area (Å²) in [5.74, 6) is 1.12. The van der Waals surface area contributed by atoms with Crippen molar-refractivity contribution in [2.45, 2.75) is 25.7 Å². The minimum Gasteiger partial charge on any atom is -0.507 e. The number of halogens is 1. The number of phenols is 1. The smallest absolute Gasteiger partial charge is 0.143 e. The van der Waals surface area contributed by atoms with E-state index in [2.05, 4.69) is 20.2 Å². The molecule has 3 aromatic rings. The van der Waals surface area contributed by atoms with Crippen LogP contribution in [0.15, 0.2) is 30.6 Å². The van der Waals surface area contributed by atoms with Gasteiger partial charge >= 0.3 is 0 Å². The van der Waals surface area contributed by atoms with Crippen LogP contribution < -0.4 is 15.0 Å². The lowest BCUT2D eigenvalue weighted by atomic mass is 9.73. The van der Waals surface area contributed by atoms with Crippen molar-refractivity contribution in [1.82, 2.24) is 15.3 Å². The lowest BCUT2D eigenvalue weighted by Gasteiger charge is -2.48. The molecule has 6 nitrogen and oxygen atoms in total. The summed E-state index contributed by atoms with van der Waals surface area (Å²) < 4.78 is 20.9. The van der Waals surface area contributed by atoms with Crippen molar-refractivity contribution < 1.29 is 14.2 Å². The van der Waals surface area contributed by atoms with Crippen molar-refractivity contribution in [3.05, 3.63) is 42.0 Å². The first-order chi connectivity index (χ1) is 15.2. The molecule has 0 atom stereocenters. The maximum absolute atomic E-state index is 14.7. The zero-order chi connectivity index (χ0) is 21.0. The highest BCUT2D eigenvalue weighted by Crippen LogP contribution is 2.46. The number of fused-ring (bicyclic) bond motifs is 3. The van der Waals surface area contributed by atoms with Crippen LogP contribution in [0.2, 0.25) is 0 Å². The first-order valence-electron chi connectivity index (χ1n) is 11.0. The van der Waals surface area contributed by atoms with Crippen molar-refractivity contribution >= 4 is 16.7 Å². The standard InChI is InChI=1S/C24H25FN4O2/c25-17-4-1-5-19(30)20(17)16-11-18-21(22-15(16)3-2-10-31-22)23(28-14-27-18)29-8-6-24(7-9-29)12-26-13-24/h1,4-5,11,14,26,30H,2-3,6-10,12-13H2. The molecule has 160 valence electrons. The number of nitrogens with one attached hydrogen (secondary N) is 1. The molecule has 1 spiro atoms. The van der Waals surface area contributed by atoms with Crippen LogP contribution in [-0.2, 0) is 6.42 Å². The second-order valence-electron chi connectivity index (χ2n) is 9.00. The van der Waals surface area contributed by atoms with Gasteiger partial charge in [-0.25, -0.2) is 14.4 Å². The molecule has 7 heteroatoms. The van der Waals surface area contributed by atoms with Crippen molar-refractivity contribution in [1.29, 1.82) is 0 Å². The maximum Gasteiger partial charge on any atom is 0.143 e. The molecular formula is C24H25FN4O2. The largest absolute Gasteiger partial charge is 0.507 e. The third-order valence-electron chi connectivity index (χ3n) is 7.17. The van der Waals surface area contributed by atoms with Crippen LogP contribution in [0, 0.1) is 11.2 Å². The quantitative estimate of drug-likeness (QED) is 0.660. The van der Waals surface area contributed by atoms with Gasteiger partial charge in [-0.2, -0.15) is 0 Å². The summed E-state index contributed by atoms with van der Waals surface area (Å²) in [5, 5.41) is 14.7. The number of hydrogen-bond donors (Lipinski definition) is 2. The SMILES string of the molecule is Oc1cccc(F)c1-c1cc2ncnc(N3CCC4(CC3)CNC4)c2c2c1CCCO2. The van der Waals surface area contributed by atoms with Gasteiger partial charge in [0.05, 0.1) is 23.1 Å². The van der Waals surface area contributed by atoms with Gasteiger partial charge in [-0.15, -0.1) is 0 Å². The number of benzene rings is 2. The topological polar surface area (TPSA) is 70.5 Å². The number of anilines is 1. The highest BCUT2D eigenvalue weighted by atomic mass is 19.1. The van der Waals surface area contributed by atoms with Crippen molar-refractivity contribution in [3.63, 3.8) is 0 Å². The van der Waals surface area contributed by atoms with E-state index in [9.17, 15) is 9.50 Å². The normalized spacial score (nSPS) is 19.7. The van der Waals surface area contributed by atoms with Crippen molar-refractivity contribution in [3.8, 4) is 22.6 Å². The molecule has 31 heavy (non-hydrogen) atoms. The molecule has 3 aliphatic rings. The van der Waals surface area contributed by atoms with E-state index in [1.54, 1.807) is 6.33 Å². The highest BCUT2D eigenvalue weighted by molar-refractivity contribution is 6.00. The fourth-order valence-corrected chi connectivity index (χ4v) is 5.31. The average molecular weight is 420 g/mol. The van der Waals surface area contributed by atoms with E-state index in [-0.39, 0.29) is 11.3 Å². The third kappa shape index (κ3) is 2.94. The van der Waals surface area contributed by atoms with E-state index in [0.29, 0.717) is 23.1 Å². The van der Waals surface area contributed by atoms with Gasteiger partial charge in [-0.05, 0) is 54.9 Å². The molecule has 2 N–H and O–H groups in total. The number of aromatic nitrogens is 2. The number of rotatable bonds is 2. The summed E-state index contributed by atoms with van der Waals surface area (Å²) >= 11 is 0. The Bertz CT molecular complexity index is 1150. The van der Waals surface area contributed by atoms with E-state index in [1.807, 2.05) is 6.07 Å². The zero-order valence-corrected chi connectivity index (χ0v) is 17.3. The molecule has 0 saturated carbocycles. The molecule has 0 amide bonds. The Morgan fingerprint density at radius 2 is 2.00 bits per heavy atom. The number of phenolic OH excluding ortho intramolecular Hbond substituents is 1. The molecule has 0 aliphatic carbocycles. The Morgan fingerprint density at radius 1 is 1.16 bits per heavy atom. The van der Waals surface area contributed by atoms with Crippen LogP contribution in [0.3, 0.4) is 0 Å². The van der Waals surface area contributed by atoms with Gasteiger partial charge in [0.1, 0.15) is 29.5 Å². The summed E-state index contributed by atoms with van der Waals surface area (Å²) in [6, 6.07) is 6.29. The fraction of sp³-hybridized carbons (Fsp3) is 0.417. The molecule has 2 saturated heterocycles. The fourth-order valence-electron chi connectivity index (χ4n) is 5.31. The summed E-state index contributed by atoms with van der Waals surface area (Å²) in [7, 11) is 0. The van der Waals surface area contributed by atoms with E-state index in [0.717, 1.165) is 74.4 Å². The second-order valence-corrected chi connectivity index (χ2v) is 9.00. The van der Waals surface area contributed by atoms with Gasteiger partial charge in [-0.1, -0.05) is 6.07 Å². The molecule has 2 aromatic carbocycles. The lowest BCUT2D eigenvalue weighted by Crippen LogP contribution is -2.58. The zero-order valence-electron chi connectivity index (χ0n) is 17.3. The second kappa shape index (κ2) is 7.05. The molecule has 1 aromatic heterocycles. The molecule has 3 aliphatic heterocycles. The van der Waals surface area contributed by atoms with Crippen LogP contribution in [0.4, 0.5) is 10.2 Å². The summed E-state index contributed by atoms with van der Waals surface area (Å²) in [4.78, 5) is 11.5. The van der Waals surface area contributed by atoms with Crippen LogP contribution >= 0.6 is 0 Å². The van der Waals surface area contributed by atoms with E-state index in [4.69, 9.17) is 4.74 Å². The number of hydrogen-bond acceptors (Lipinski definition) is 6. The maximum atomic E-state index is 14.7. The Balaban J connectivity index is 1.51. The van der Waals surface area contributed by atoms with E-state index >= 15 is 0 Å². The van der Waals surface area contributed by atoms with Gasteiger partial charge in [0.25, 0.3) is 0 Å². The lowest BCUT2D eigenvalue weighted by molar-refractivity contribution is 0.126. The van der Waals surface area contributed by atoms with Gasteiger partial charge in [0.15, 0.2) is 0 Å². The van der Waals surface area contributed by atoms with Crippen molar-refractivity contribution in [2.75, 3.05) is 37.7 Å². The number of piperidine rings is 1. The van der Waals surface area contributed by atoms with Crippen LogP contribution in [0.5, 0.6) is 11.5 Å². The van der Waals surface area contributed by atoms with Gasteiger partial charge in [0.2, 0.25) is 0 Å². The van der Waals surface area contributed by atoms with E-state index in [1.165, 1.54) is 18.2 Å². The molecule has 0 radical (unpaired) electrons. The molecule has 6 rings (SSSR count). The van der Waals surface area contributed by atoms with E-state index < -0.39 is 5.82 Å². The summed E-state index contributed by atoms with van der Waals surface area (Å²) in [6.45, 7) is 4.74. The monoisotopic (exact) mass is 420 g/mol. The number of ether oxygens (including phenoxy) is 1. The first kappa shape index (κ1) is 18.8. The molecular weight excluding hydrogens is 395 g/mol. The Hall–Kier alpha value is -2.93. The Kier molecular flexibility index (Phi) is 4.28. The van der Waals surface area contributed by atoms with Crippen LogP contribution in [0.1, 0.15) is 24.8 Å². The predicted octanol–water partition coefficient (Wildman–Crippen LogP) is 3.66. The number of aromatic hydroxyl groups is 1. The minimum absolute atomic E-state index is 0.0724.